The second-order valence-corrected chi connectivity index (χ2v) is 6.34. The molecule has 0 aliphatic heterocycles. The first-order valence-electron chi connectivity index (χ1n) is 7.57. The van der Waals surface area contributed by atoms with Gasteiger partial charge in [0.05, 0.1) is 29.1 Å². The van der Waals surface area contributed by atoms with E-state index in [1.165, 1.54) is 6.20 Å². The SMILES string of the molecule is Cc1ccc(-c2cc(OCC(C)(C)O)cn3ncc(C#N)c23)cn1. The van der Waals surface area contributed by atoms with E-state index in [2.05, 4.69) is 16.2 Å². The maximum Gasteiger partial charge on any atom is 0.138 e. The third-order valence-corrected chi connectivity index (χ3v) is 3.52. The average molecular weight is 322 g/mol. The van der Waals surface area contributed by atoms with E-state index < -0.39 is 5.60 Å². The minimum atomic E-state index is -0.942. The van der Waals surface area contributed by atoms with E-state index in [0.717, 1.165) is 16.8 Å². The highest BCUT2D eigenvalue weighted by molar-refractivity contribution is 5.84. The predicted molar refractivity (Wildman–Crippen MR) is 89.7 cm³/mol. The summed E-state index contributed by atoms with van der Waals surface area (Å²) in [6.45, 7) is 5.42. The Hall–Kier alpha value is -2.91. The number of hydrogen-bond acceptors (Lipinski definition) is 5. The van der Waals surface area contributed by atoms with Crippen LogP contribution in [-0.2, 0) is 0 Å². The van der Waals surface area contributed by atoms with Crippen LogP contribution in [0.2, 0.25) is 0 Å². The number of nitriles is 1. The summed E-state index contributed by atoms with van der Waals surface area (Å²) in [6.07, 6.45) is 4.99. The molecule has 3 aromatic heterocycles. The van der Waals surface area contributed by atoms with Crippen molar-refractivity contribution in [1.82, 2.24) is 14.6 Å². The van der Waals surface area contributed by atoms with Crippen LogP contribution >= 0.6 is 0 Å². The van der Waals surface area contributed by atoms with Crippen LogP contribution in [0.3, 0.4) is 0 Å². The second kappa shape index (κ2) is 5.95. The van der Waals surface area contributed by atoms with Gasteiger partial charge >= 0.3 is 0 Å². The summed E-state index contributed by atoms with van der Waals surface area (Å²) < 4.78 is 7.31. The Morgan fingerprint density at radius 3 is 2.75 bits per heavy atom. The number of aliphatic hydroxyl groups is 1. The Morgan fingerprint density at radius 1 is 1.33 bits per heavy atom. The molecule has 3 rings (SSSR count). The lowest BCUT2D eigenvalue weighted by molar-refractivity contribution is 0.0283. The molecule has 0 unspecified atom stereocenters. The lowest BCUT2D eigenvalue weighted by Gasteiger charge is -2.18. The molecule has 0 spiro atoms. The van der Waals surface area contributed by atoms with Crippen LogP contribution in [0.25, 0.3) is 16.6 Å². The number of nitrogens with zero attached hydrogens (tertiary/aromatic N) is 4. The molecule has 0 aliphatic rings. The van der Waals surface area contributed by atoms with Crippen molar-refractivity contribution in [2.24, 2.45) is 0 Å². The van der Waals surface area contributed by atoms with Gasteiger partial charge in [0.1, 0.15) is 18.4 Å². The molecule has 0 aromatic carbocycles. The fraction of sp³-hybridized carbons (Fsp3) is 0.278. The molecular formula is C18H18N4O2. The van der Waals surface area contributed by atoms with Crippen LogP contribution in [0.15, 0.2) is 36.8 Å². The van der Waals surface area contributed by atoms with Crippen molar-refractivity contribution in [1.29, 1.82) is 5.26 Å². The van der Waals surface area contributed by atoms with E-state index >= 15 is 0 Å². The van der Waals surface area contributed by atoms with Crippen LogP contribution in [0.5, 0.6) is 5.75 Å². The molecule has 0 saturated carbocycles. The van der Waals surface area contributed by atoms with Crippen LogP contribution in [0.4, 0.5) is 0 Å². The molecule has 1 N–H and O–H groups in total. The van der Waals surface area contributed by atoms with E-state index in [4.69, 9.17) is 4.74 Å². The first-order valence-corrected chi connectivity index (χ1v) is 7.57. The Kier molecular flexibility index (Phi) is 3.96. The fourth-order valence-corrected chi connectivity index (χ4v) is 2.36. The summed E-state index contributed by atoms with van der Waals surface area (Å²) in [5.41, 5.74) is 2.85. The minimum absolute atomic E-state index is 0.149. The zero-order valence-corrected chi connectivity index (χ0v) is 13.8. The highest BCUT2D eigenvalue weighted by atomic mass is 16.5. The van der Waals surface area contributed by atoms with E-state index in [9.17, 15) is 10.4 Å². The van der Waals surface area contributed by atoms with E-state index in [0.29, 0.717) is 16.8 Å². The van der Waals surface area contributed by atoms with Gasteiger partial charge in [-0.2, -0.15) is 10.4 Å². The molecule has 24 heavy (non-hydrogen) atoms. The largest absolute Gasteiger partial charge is 0.489 e. The van der Waals surface area contributed by atoms with Crippen LogP contribution in [-0.4, -0.2) is 31.9 Å². The van der Waals surface area contributed by atoms with Gasteiger partial charge in [0.15, 0.2) is 0 Å². The van der Waals surface area contributed by atoms with Crippen molar-refractivity contribution >= 4 is 5.52 Å². The van der Waals surface area contributed by atoms with Gasteiger partial charge in [0.25, 0.3) is 0 Å². The quantitative estimate of drug-likeness (QED) is 0.798. The maximum absolute atomic E-state index is 9.85. The molecule has 6 heteroatoms. The number of aromatic nitrogens is 3. The van der Waals surface area contributed by atoms with Gasteiger partial charge in [-0.25, -0.2) is 4.52 Å². The van der Waals surface area contributed by atoms with Gasteiger partial charge in [-0.05, 0) is 32.9 Å². The zero-order chi connectivity index (χ0) is 17.3. The maximum atomic E-state index is 9.85. The predicted octanol–water partition coefficient (Wildman–Crippen LogP) is 2.73. The molecule has 122 valence electrons. The fourth-order valence-electron chi connectivity index (χ4n) is 2.36. The second-order valence-electron chi connectivity index (χ2n) is 6.34. The molecule has 0 amide bonds. The first-order chi connectivity index (χ1) is 11.4. The zero-order valence-electron chi connectivity index (χ0n) is 13.8. The highest BCUT2D eigenvalue weighted by Crippen LogP contribution is 2.30. The molecule has 0 saturated heterocycles. The van der Waals surface area contributed by atoms with E-state index in [1.807, 2.05) is 25.1 Å². The van der Waals surface area contributed by atoms with Crippen LogP contribution in [0, 0.1) is 18.3 Å². The van der Waals surface area contributed by atoms with Crippen molar-refractivity contribution < 1.29 is 9.84 Å². The van der Waals surface area contributed by atoms with Crippen molar-refractivity contribution in [3.8, 4) is 22.9 Å². The number of ether oxygens (including phenoxy) is 1. The van der Waals surface area contributed by atoms with Crippen molar-refractivity contribution in [2.45, 2.75) is 26.4 Å². The van der Waals surface area contributed by atoms with Gasteiger partial charge in [0, 0.05) is 23.0 Å². The van der Waals surface area contributed by atoms with Gasteiger partial charge in [0.2, 0.25) is 0 Å². The standard InChI is InChI=1S/C18H18N4O2/c1-12-4-5-13(8-20-12)16-6-15(24-11-18(2,3)23)10-22-17(16)14(7-19)9-21-22/h4-6,8-10,23H,11H2,1-3H3. The number of fused-ring (bicyclic) bond motifs is 1. The Bertz CT molecular complexity index is 915. The number of pyridine rings is 2. The number of hydrogen-bond donors (Lipinski definition) is 1. The highest BCUT2D eigenvalue weighted by Gasteiger charge is 2.17. The Labute approximate surface area is 140 Å². The lowest BCUT2D eigenvalue weighted by atomic mass is 10.0. The topological polar surface area (TPSA) is 83.4 Å². The monoisotopic (exact) mass is 322 g/mol. The van der Waals surface area contributed by atoms with Crippen molar-refractivity contribution in [3.05, 3.63) is 48.0 Å². The van der Waals surface area contributed by atoms with Gasteiger partial charge in [-0.15, -0.1) is 0 Å². The Balaban J connectivity index is 2.14. The van der Waals surface area contributed by atoms with Gasteiger partial charge in [-0.3, -0.25) is 4.98 Å². The first kappa shape index (κ1) is 16.0. The summed E-state index contributed by atoms with van der Waals surface area (Å²) in [5.74, 6) is 0.563. The molecule has 6 nitrogen and oxygen atoms in total. The third-order valence-electron chi connectivity index (χ3n) is 3.52. The third kappa shape index (κ3) is 3.21. The summed E-state index contributed by atoms with van der Waals surface area (Å²) >= 11 is 0. The summed E-state index contributed by atoms with van der Waals surface area (Å²) in [5, 5.41) is 23.4. The lowest BCUT2D eigenvalue weighted by Crippen LogP contribution is -2.27. The molecule has 0 bridgehead atoms. The Morgan fingerprint density at radius 2 is 2.12 bits per heavy atom. The molecule has 0 radical (unpaired) electrons. The van der Waals surface area contributed by atoms with E-state index in [1.54, 1.807) is 30.8 Å². The minimum Gasteiger partial charge on any atom is -0.489 e. The van der Waals surface area contributed by atoms with Gasteiger partial charge < -0.3 is 9.84 Å². The molecular weight excluding hydrogens is 304 g/mol. The molecule has 3 aromatic rings. The number of rotatable bonds is 4. The molecule has 0 fully saturated rings. The van der Waals surface area contributed by atoms with Crippen LogP contribution < -0.4 is 4.74 Å². The summed E-state index contributed by atoms with van der Waals surface area (Å²) in [7, 11) is 0. The average Bonchev–Trinajstić information content (AvgIpc) is 2.95. The molecule has 0 aliphatic carbocycles. The van der Waals surface area contributed by atoms with Gasteiger partial charge in [-0.1, -0.05) is 6.07 Å². The van der Waals surface area contributed by atoms with Crippen molar-refractivity contribution in [3.63, 3.8) is 0 Å². The molecule has 3 heterocycles. The van der Waals surface area contributed by atoms with Crippen molar-refractivity contribution in [2.75, 3.05) is 6.61 Å². The van der Waals surface area contributed by atoms with E-state index in [-0.39, 0.29) is 6.61 Å². The summed E-state index contributed by atoms with van der Waals surface area (Å²) in [4.78, 5) is 4.32. The smallest absolute Gasteiger partial charge is 0.138 e. The van der Waals surface area contributed by atoms with Crippen LogP contribution in [0.1, 0.15) is 25.1 Å². The number of aryl methyl sites for hydroxylation is 1. The molecule has 0 atom stereocenters. The normalized spacial score (nSPS) is 11.5. The summed E-state index contributed by atoms with van der Waals surface area (Å²) in [6, 6.07) is 7.87.